The Kier molecular flexibility index (Phi) is 2.86. The highest BCUT2D eigenvalue weighted by atomic mass is 35.5. The van der Waals surface area contributed by atoms with Gasteiger partial charge in [-0.1, -0.05) is 18.5 Å². The Hall–Kier alpha value is -0.970. The number of benzene rings is 1. The first-order valence-corrected chi connectivity index (χ1v) is 6.12. The van der Waals surface area contributed by atoms with Crippen molar-refractivity contribution in [2.45, 2.75) is 13.2 Å². The fourth-order valence-electron chi connectivity index (χ4n) is 2.24. The molecule has 1 unspecified atom stereocenters. The SMILES string of the molecule is CCN1CCOC1c1cc2c(cc1Cl)OCO2. The van der Waals surface area contributed by atoms with Crippen LogP contribution < -0.4 is 9.47 Å². The van der Waals surface area contributed by atoms with Crippen LogP contribution in [-0.4, -0.2) is 31.4 Å². The number of rotatable bonds is 2. The Morgan fingerprint density at radius 2 is 2.12 bits per heavy atom. The van der Waals surface area contributed by atoms with E-state index in [4.69, 9.17) is 25.8 Å². The van der Waals surface area contributed by atoms with Crippen molar-refractivity contribution in [1.29, 1.82) is 0 Å². The number of fused-ring (bicyclic) bond motifs is 1. The van der Waals surface area contributed by atoms with Crippen molar-refractivity contribution in [1.82, 2.24) is 4.90 Å². The average molecular weight is 256 g/mol. The second-order valence-electron chi connectivity index (χ2n) is 4.08. The van der Waals surface area contributed by atoms with Crippen LogP contribution in [0.4, 0.5) is 0 Å². The third-order valence-corrected chi connectivity index (χ3v) is 3.48. The molecule has 0 aliphatic carbocycles. The molecule has 1 saturated heterocycles. The molecule has 2 aliphatic heterocycles. The lowest BCUT2D eigenvalue weighted by Gasteiger charge is -2.22. The summed E-state index contributed by atoms with van der Waals surface area (Å²) in [5.74, 6) is 1.45. The summed E-state index contributed by atoms with van der Waals surface area (Å²) in [7, 11) is 0. The number of hydrogen-bond acceptors (Lipinski definition) is 4. The van der Waals surface area contributed by atoms with Crippen molar-refractivity contribution >= 4 is 11.6 Å². The highest BCUT2D eigenvalue weighted by Gasteiger charge is 2.29. The summed E-state index contributed by atoms with van der Waals surface area (Å²) in [6.07, 6.45) is -0.0676. The van der Waals surface area contributed by atoms with Gasteiger partial charge in [0.15, 0.2) is 11.5 Å². The Morgan fingerprint density at radius 3 is 2.88 bits per heavy atom. The third kappa shape index (κ3) is 1.86. The molecule has 1 aromatic carbocycles. The minimum Gasteiger partial charge on any atom is -0.454 e. The van der Waals surface area contributed by atoms with Crippen molar-refractivity contribution < 1.29 is 14.2 Å². The lowest BCUT2D eigenvalue weighted by molar-refractivity contribution is 0.0353. The molecule has 0 N–H and O–H groups in total. The van der Waals surface area contributed by atoms with E-state index in [0.717, 1.165) is 31.0 Å². The topological polar surface area (TPSA) is 30.9 Å². The molecule has 0 aromatic heterocycles. The zero-order valence-electron chi connectivity index (χ0n) is 9.61. The van der Waals surface area contributed by atoms with Gasteiger partial charge in [0.2, 0.25) is 6.79 Å². The van der Waals surface area contributed by atoms with Gasteiger partial charge in [-0.05, 0) is 12.6 Å². The smallest absolute Gasteiger partial charge is 0.231 e. The van der Waals surface area contributed by atoms with Gasteiger partial charge in [0.05, 0.1) is 11.6 Å². The standard InChI is InChI=1S/C12H14ClNO3/c1-2-14-3-4-15-12(14)8-5-10-11(6-9(8)13)17-7-16-10/h5-6,12H,2-4,7H2,1H3. The van der Waals surface area contributed by atoms with Crippen LogP contribution in [0.25, 0.3) is 0 Å². The monoisotopic (exact) mass is 255 g/mol. The summed E-state index contributed by atoms with van der Waals surface area (Å²) in [6.45, 7) is 4.99. The first-order chi connectivity index (χ1) is 8.29. The zero-order chi connectivity index (χ0) is 11.8. The van der Waals surface area contributed by atoms with E-state index in [1.165, 1.54) is 0 Å². The van der Waals surface area contributed by atoms with E-state index >= 15 is 0 Å². The first-order valence-electron chi connectivity index (χ1n) is 5.74. The van der Waals surface area contributed by atoms with E-state index in [0.29, 0.717) is 10.8 Å². The number of ether oxygens (including phenoxy) is 3. The molecular weight excluding hydrogens is 242 g/mol. The van der Waals surface area contributed by atoms with E-state index in [1.807, 2.05) is 6.07 Å². The van der Waals surface area contributed by atoms with Gasteiger partial charge in [-0.15, -0.1) is 0 Å². The van der Waals surface area contributed by atoms with Gasteiger partial charge in [0.25, 0.3) is 0 Å². The summed E-state index contributed by atoms with van der Waals surface area (Å²) >= 11 is 6.27. The predicted octanol–water partition coefficient (Wildman–Crippen LogP) is 2.42. The molecule has 0 radical (unpaired) electrons. The van der Waals surface area contributed by atoms with Crippen LogP contribution >= 0.6 is 11.6 Å². The number of nitrogens with zero attached hydrogens (tertiary/aromatic N) is 1. The summed E-state index contributed by atoms with van der Waals surface area (Å²) in [6, 6.07) is 3.72. The van der Waals surface area contributed by atoms with Gasteiger partial charge in [-0.2, -0.15) is 0 Å². The molecule has 92 valence electrons. The van der Waals surface area contributed by atoms with Crippen LogP contribution in [0.2, 0.25) is 5.02 Å². The summed E-state index contributed by atoms with van der Waals surface area (Å²) < 4.78 is 16.4. The molecule has 0 bridgehead atoms. The van der Waals surface area contributed by atoms with Crippen LogP contribution in [0.1, 0.15) is 18.7 Å². The van der Waals surface area contributed by atoms with Gasteiger partial charge < -0.3 is 14.2 Å². The Balaban J connectivity index is 1.97. The molecule has 1 atom stereocenters. The quantitative estimate of drug-likeness (QED) is 0.812. The largest absolute Gasteiger partial charge is 0.454 e. The van der Waals surface area contributed by atoms with E-state index in [2.05, 4.69) is 11.8 Å². The molecule has 0 saturated carbocycles. The lowest BCUT2D eigenvalue weighted by atomic mass is 10.1. The van der Waals surface area contributed by atoms with Crippen molar-refractivity contribution in [2.24, 2.45) is 0 Å². The molecule has 17 heavy (non-hydrogen) atoms. The predicted molar refractivity (Wildman–Crippen MR) is 63.5 cm³/mol. The average Bonchev–Trinajstić information content (AvgIpc) is 2.94. The minimum atomic E-state index is -0.0676. The first kappa shape index (κ1) is 11.1. The zero-order valence-corrected chi connectivity index (χ0v) is 10.4. The molecule has 3 rings (SSSR count). The maximum Gasteiger partial charge on any atom is 0.231 e. The van der Waals surface area contributed by atoms with E-state index in [9.17, 15) is 0 Å². The van der Waals surface area contributed by atoms with Gasteiger partial charge in [-0.25, -0.2) is 0 Å². The molecule has 5 heteroatoms. The summed E-state index contributed by atoms with van der Waals surface area (Å²) in [4.78, 5) is 2.24. The van der Waals surface area contributed by atoms with Gasteiger partial charge in [-0.3, -0.25) is 4.90 Å². The van der Waals surface area contributed by atoms with E-state index in [-0.39, 0.29) is 13.0 Å². The highest BCUT2D eigenvalue weighted by Crippen LogP contribution is 2.41. The Morgan fingerprint density at radius 1 is 1.35 bits per heavy atom. The van der Waals surface area contributed by atoms with Crippen molar-refractivity contribution in [3.63, 3.8) is 0 Å². The number of likely N-dealkylation sites (N-methyl/N-ethyl adjacent to an activating group) is 1. The van der Waals surface area contributed by atoms with Crippen LogP contribution in [0.5, 0.6) is 11.5 Å². The molecule has 0 amide bonds. The highest BCUT2D eigenvalue weighted by molar-refractivity contribution is 6.31. The van der Waals surface area contributed by atoms with Gasteiger partial charge >= 0.3 is 0 Å². The van der Waals surface area contributed by atoms with Crippen molar-refractivity contribution in [2.75, 3.05) is 26.5 Å². The normalized spacial score (nSPS) is 23.3. The molecule has 4 nitrogen and oxygen atoms in total. The number of hydrogen-bond donors (Lipinski definition) is 0. The van der Waals surface area contributed by atoms with Crippen LogP contribution in [0.3, 0.4) is 0 Å². The second kappa shape index (κ2) is 4.37. The molecular formula is C12H14ClNO3. The Labute approximate surface area is 105 Å². The van der Waals surface area contributed by atoms with Crippen LogP contribution in [0, 0.1) is 0 Å². The maximum absolute atomic E-state index is 6.27. The Bertz CT molecular complexity index is 438. The molecule has 0 spiro atoms. The minimum absolute atomic E-state index is 0.0676. The fraction of sp³-hybridized carbons (Fsp3) is 0.500. The van der Waals surface area contributed by atoms with E-state index in [1.54, 1.807) is 6.07 Å². The fourth-order valence-corrected chi connectivity index (χ4v) is 2.48. The summed E-state index contributed by atoms with van der Waals surface area (Å²) in [5, 5.41) is 0.666. The lowest BCUT2D eigenvalue weighted by Crippen LogP contribution is -2.23. The van der Waals surface area contributed by atoms with Crippen molar-refractivity contribution in [3.05, 3.63) is 22.7 Å². The van der Waals surface area contributed by atoms with Gasteiger partial charge in [0.1, 0.15) is 6.23 Å². The van der Waals surface area contributed by atoms with Gasteiger partial charge in [0, 0.05) is 18.2 Å². The number of halogens is 1. The maximum atomic E-state index is 6.27. The molecule has 1 fully saturated rings. The molecule has 1 aromatic rings. The molecule has 2 heterocycles. The van der Waals surface area contributed by atoms with Crippen molar-refractivity contribution in [3.8, 4) is 11.5 Å². The van der Waals surface area contributed by atoms with Crippen LogP contribution in [-0.2, 0) is 4.74 Å². The third-order valence-electron chi connectivity index (χ3n) is 3.15. The van der Waals surface area contributed by atoms with Crippen LogP contribution in [0.15, 0.2) is 12.1 Å². The second-order valence-corrected chi connectivity index (χ2v) is 4.49. The summed E-state index contributed by atoms with van der Waals surface area (Å²) in [5.41, 5.74) is 0.954. The molecule has 2 aliphatic rings. The van der Waals surface area contributed by atoms with E-state index < -0.39 is 0 Å².